The van der Waals surface area contributed by atoms with Gasteiger partial charge < -0.3 is 10.6 Å². The molecule has 0 aliphatic carbocycles. The molecule has 1 aromatic rings. The molecule has 0 atom stereocenters. The van der Waals surface area contributed by atoms with Gasteiger partial charge in [-0.3, -0.25) is 0 Å². The van der Waals surface area contributed by atoms with Crippen LogP contribution in [0.2, 0.25) is 0 Å². The molecule has 0 amide bonds. The minimum absolute atomic E-state index is 0. The number of aryl methyl sites for hydroxylation is 1. The molecule has 3 N–H and O–H groups in total. The summed E-state index contributed by atoms with van der Waals surface area (Å²) >= 11 is 1.77. The Morgan fingerprint density at radius 2 is 1.83 bits per heavy atom. The normalized spacial score (nSPS) is 11.9. The standard InChI is InChI=1S/C14H26N4O2S2.HI/c1-4-12-7-8-13(21-12)11-17-14(15-5-2)16-9-10-18-22(19,20)6-3;/h7-8,18H,4-6,9-11H2,1-3H3,(H2,15,16,17);1H. The van der Waals surface area contributed by atoms with Crippen LogP contribution in [0.15, 0.2) is 17.1 Å². The smallest absolute Gasteiger partial charge is 0.211 e. The van der Waals surface area contributed by atoms with E-state index in [0.29, 0.717) is 25.6 Å². The summed E-state index contributed by atoms with van der Waals surface area (Å²) in [6.07, 6.45) is 1.05. The second kappa shape index (κ2) is 12.0. The molecule has 0 aliphatic heterocycles. The van der Waals surface area contributed by atoms with Crippen LogP contribution in [0.5, 0.6) is 0 Å². The van der Waals surface area contributed by atoms with Crippen LogP contribution in [0, 0.1) is 0 Å². The largest absolute Gasteiger partial charge is 0.357 e. The Balaban J connectivity index is 0.00000484. The van der Waals surface area contributed by atoms with Crippen molar-refractivity contribution in [1.82, 2.24) is 15.4 Å². The lowest BCUT2D eigenvalue weighted by atomic mass is 10.4. The number of sulfonamides is 1. The number of hydrogen-bond donors (Lipinski definition) is 3. The molecular weight excluding hydrogens is 447 g/mol. The Labute approximate surface area is 160 Å². The van der Waals surface area contributed by atoms with E-state index in [9.17, 15) is 8.42 Å². The van der Waals surface area contributed by atoms with E-state index >= 15 is 0 Å². The Morgan fingerprint density at radius 1 is 1.13 bits per heavy atom. The number of guanidine groups is 1. The van der Waals surface area contributed by atoms with Gasteiger partial charge in [0.25, 0.3) is 0 Å². The molecule has 0 aliphatic rings. The Morgan fingerprint density at radius 3 is 2.39 bits per heavy atom. The van der Waals surface area contributed by atoms with Gasteiger partial charge in [0.2, 0.25) is 10.0 Å². The molecule has 134 valence electrons. The zero-order valence-electron chi connectivity index (χ0n) is 13.9. The Kier molecular flexibility index (Phi) is 11.8. The number of rotatable bonds is 9. The molecule has 0 saturated heterocycles. The van der Waals surface area contributed by atoms with Crippen LogP contribution in [0.4, 0.5) is 0 Å². The monoisotopic (exact) mass is 474 g/mol. The van der Waals surface area contributed by atoms with Crippen LogP contribution in [-0.2, 0) is 23.0 Å². The van der Waals surface area contributed by atoms with E-state index in [0.717, 1.165) is 13.0 Å². The first-order chi connectivity index (χ1) is 10.5. The summed E-state index contributed by atoms with van der Waals surface area (Å²) in [5.74, 6) is 0.795. The van der Waals surface area contributed by atoms with E-state index < -0.39 is 10.0 Å². The molecule has 1 rings (SSSR count). The molecule has 0 radical (unpaired) electrons. The predicted octanol–water partition coefficient (Wildman–Crippen LogP) is 1.92. The average Bonchev–Trinajstić information content (AvgIpc) is 2.97. The SMILES string of the molecule is CCNC(=NCc1ccc(CC)s1)NCCNS(=O)(=O)CC.I. The topological polar surface area (TPSA) is 82.6 Å². The van der Waals surface area contributed by atoms with E-state index in [4.69, 9.17) is 0 Å². The summed E-state index contributed by atoms with van der Waals surface area (Å²) in [7, 11) is -3.13. The number of nitrogens with one attached hydrogen (secondary N) is 3. The van der Waals surface area contributed by atoms with E-state index in [1.54, 1.807) is 18.3 Å². The first-order valence-corrected chi connectivity index (χ1v) is 10.0. The first-order valence-electron chi connectivity index (χ1n) is 7.57. The highest BCUT2D eigenvalue weighted by Crippen LogP contribution is 2.17. The zero-order valence-corrected chi connectivity index (χ0v) is 17.8. The number of hydrogen-bond acceptors (Lipinski definition) is 4. The predicted molar refractivity (Wildman–Crippen MR) is 109 cm³/mol. The molecule has 0 aromatic carbocycles. The summed E-state index contributed by atoms with van der Waals surface area (Å²) < 4.78 is 25.2. The van der Waals surface area contributed by atoms with Crippen LogP contribution in [0.3, 0.4) is 0 Å². The third-order valence-electron chi connectivity index (χ3n) is 2.92. The lowest BCUT2D eigenvalue weighted by Gasteiger charge is -2.11. The van der Waals surface area contributed by atoms with Crippen molar-refractivity contribution in [3.8, 4) is 0 Å². The van der Waals surface area contributed by atoms with Gasteiger partial charge in [0.1, 0.15) is 0 Å². The van der Waals surface area contributed by atoms with Gasteiger partial charge in [-0.15, -0.1) is 35.3 Å². The highest BCUT2D eigenvalue weighted by Gasteiger charge is 2.05. The molecule has 23 heavy (non-hydrogen) atoms. The molecule has 0 bridgehead atoms. The van der Waals surface area contributed by atoms with Crippen LogP contribution in [0.25, 0.3) is 0 Å². The molecular formula is C14H27IN4O2S2. The quantitative estimate of drug-likeness (QED) is 0.221. The summed E-state index contributed by atoms with van der Waals surface area (Å²) in [5.41, 5.74) is 0. The molecule has 0 spiro atoms. The van der Waals surface area contributed by atoms with Gasteiger partial charge in [0.05, 0.1) is 12.3 Å². The van der Waals surface area contributed by atoms with Gasteiger partial charge in [-0.25, -0.2) is 18.1 Å². The second-order valence-electron chi connectivity index (χ2n) is 4.64. The minimum atomic E-state index is -3.13. The summed E-state index contributed by atoms with van der Waals surface area (Å²) in [6.45, 7) is 7.99. The van der Waals surface area contributed by atoms with Crippen molar-refractivity contribution < 1.29 is 8.42 Å². The number of thiophene rings is 1. The van der Waals surface area contributed by atoms with Crippen molar-refractivity contribution in [2.24, 2.45) is 4.99 Å². The van der Waals surface area contributed by atoms with Crippen molar-refractivity contribution in [2.75, 3.05) is 25.4 Å². The Bertz CT molecular complexity index is 573. The van der Waals surface area contributed by atoms with Gasteiger partial charge in [0.15, 0.2) is 5.96 Å². The molecule has 0 fully saturated rings. The minimum Gasteiger partial charge on any atom is -0.357 e. The lowest BCUT2D eigenvalue weighted by molar-refractivity contribution is 0.582. The van der Waals surface area contributed by atoms with Crippen molar-refractivity contribution >= 4 is 51.3 Å². The maximum absolute atomic E-state index is 11.3. The molecule has 1 heterocycles. The van der Waals surface area contributed by atoms with Gasteiger partial charge in [-0.2, -0.15) is 0 Å². The molecule has 1 aromatic heterocycles. The third-order valence-corrected chi connectivity index (χ3v) is 5.54. The van der Waals surface area contributed by atoms with E-state index in [-0.39, 0.29) is 29.7 Å². The summed E-state index contributed by atoms with van der Waals surface area (Å²) in [6, 6.07) is 4.24. The molecule has 6 nitrogen and oxygen atoms in total. The maximum atomic E-state index is 11.3. The van der Waals surface area contributed by atoms with Crippen LogP contribution < -0.4 is 15.4 Å². The molecule has 0 unspecified atom stereocenters. The average molecular weight is 474 g/mol. The zero-order chi connectivity index (χ0) is 16.4. The lowest BCUT2D eigenvalue weighted by Crippen LogP contribution is -2.41. The number of halogens is 1. The van der Waals surface area contributed by atoms with Crippen LogP contribution in [0.1, 0.15) is 30.5 Å². The number of aliphatic imine (C=N–C) groups is 1. The van der Waals surface area contributed by atoms with Crippen LogP contribution >= 0.6 is 35.3 Å². The van der Waals surface area contributed by atoms with Gasteiger partial charge in [-0.05, 0) is 32.4 Å². The fourth-order valence-electron chi connectivity index (χ4n) is 1.69. The van der Waals surface area contributed by atoms with E-state index in [1.807, 2.05) is 6.92 Å². The van der Waals surface area contributed by atoms with E-state index in [2.05, 4.69) is 39.4 Å². The van der Waals surface area contributed by atoms with Crippen LogP contribution in [-0.4, -0.2) is 39.8 Å². The fraction of sp³-hybridized carbons (Fsp3) is 0.643. The highest BCUT2D eigenvalue weighted by molar-refractivity contribution is 14.0. The van der Waals surface area contributed by atoms with Crippen molar-refractivity contribution in [3.05, 3.63) is 21.9 Å². The first kappa shape index (κ1) is 22.6. The molecule has 0 saturated carbocycles. The van der Waals surface area contributed by atoms with Crippen molar-refractivity contribution in [3.63, 3.8) is 0 Å². The van der Waals surface area contributed by atoms with Crippen molar-refractivity contribution in [1.29, 1.82) is 0 Å². The maximum Gasteiger partial charge on any atom is 0.211 e. The second-order valence-corrected chi connectivity index (χ2v) is 7.99. The van der Waals surface area contributed by atoms with Gasteiger partial charge in [0, 0.05) is 29.4 Å². The molecule has 9 heteroatoms. The summed E-state index contributed by atoms with van der Waals surface area (Å²) in [5, 5.41) is 6.28. The van der Waals surface area contributed by atoms with Gasteiger partial charge >= 0.3 is 0 Å². The Hall–Kier alpha value is -0.390. The van der Waals surface area contributed by atoms with Gasteiger partial charge in [-0.1, -0.05) is 6.92 Å². The fourth-order valence-corrected chi connectivity index (χ4v) is 3.19. The highest BCUT2D eigenvalue weighted by atomic mass is 127. The number of nitrogens with zero attached hydrogens (tertiary/aromatic N) is 1. The third kappa shape index (κ3) is 9.48. The van der Waals surface area contributed by atoms with Crippen molar-refractivity contribution in [2.45, 2.75) is 33.7 Å². The van der Waals surface area contributed by atoms with E-state index in [1.165, 1.54) is 9.75 Å². The summed E-state index contributed by atoms with van der Waals surface area (Å²) in [4.78, 5) is 7.09.